The molecule has 3 N–H and O–H groups in total. The van der Waals surface area contributed by atoms with Gasteiger partial charge in [0, 0.05) is 11.6 Å². The van der Waals surface area contributed by atoms with E-state index in [1.165, 1.54) is 12.1 Å². The van der Waals surface area contributed by atoms with Crippen molar-refractivity contribution in [2.24, 2.45) is 0 Å². The van der Waals surface area contributed by atoms with Crippen molar-refractivity contribution in [1.82, 2.24) is 5.32 Å². The zero-order valence-corrected chi connectivity index (χ0v) is 14.8. The Morgan fingerprint density at radius 1 is 1.04 bits per heavy atom. The van der Waals surface area contributed by atoms with E-state index in [0.29, 0.717) is 5.56 Å². The summed E-state index contributed by atoms with van der Waals surface area (Å²) in [6.07, 6.45) is 0.969. The molecule has 144 valence electrons. The van der Waals surface area contributed by atoms with Gasteiger partial charge in [-0.3, -0.25) is 4.79 Å². The molecule has 0 bridgehead atoms. The minimum atomic E-state index is -1.23. The van der Waals surface area contributed by atoms with Crippen molar-refractivity contribution in [2.75, 3.05) is 6.61 Å². The molecule has 2 atom stereocenters. The highest BCUT2D eigenvalue weighted by Gasteiger charge is 2.22. The largest absolute Gasteiger partial charge is 0.394 e. The normalized spacial score (nSPS) is 13.6. The standard InChI is InChI=1S/C22H19F2NO3/c23-18-7-3-6-15(21(18)24)10-11-20(28)25-22(19(27)13-26)17-9-8-14-4-1-2-5-16(14)12-17/h1-12,19,22,26-27H,13H2,(H,25,28)/b11-10+/t19-,22-/m1/s1. The molecule has 0 spiro atoms. The molecule has 4 nitrogen and oxygen atoms in total. The first-order valence-corrected chi connectivity index (χ1v) is 8.70. The summed E-state index contributed by atoms with van der Waals surface area (Å²) >= 11 is 0. The number of benzene rings is 3. The lowest BCUT2D eigenvalue weighted by Gasteiger charge is -2.23. The van der Waals surface area contributed by atoms with E-state index in [9.17, 15) is 23.8 Å². The van der Waals surface area contributed by atoms with Gasteiger partial charge in [0.15, 0.2) is 11.6 Å². The summed E-state index contributed by atoms with van der Waals surface area (Å²) in [4.78, 5) is 12.3. The molecule has 0 aliphatic heterocycles. The summed E-state index contributed by atoms with van der Waals surface area (Å²) in [5, 5.41) is 24.0. The predicted molar refractivity (Wildman–Crippen MR) is 103 cm³/mol. The predicted octanol–water partition coefficient (Wildman–Crippen LogP) is 3.34. The smallest absolute Gasteiger partial charge is 0.244 e. The average molecular weight is 383 g/mol. The molecule has 0 unspecified atom stereocenters. The number of aliphatic hydroxyl groups excluding tert-OH is 2. The molecule has 3 aromatic rings. The molecular formula is C22H19F2NO3. The lowest BCUT2D eigenvalue weighted by Crippen LogP contribution is -2.37. The van der Waals surface area contributed by atoms with Gasteiger partial charge in [-0.05, 0) is 34.5 Å². The molecule has 0 heterocycles. The van der Waals surface area contributed by atoms with Gasteiger partial charge in [-0.15, -0.1) is 0 Å². The van der Waals surface area contributed by atoms with Crippen molar-refractivity contribution in [3.63, 3.8) is 0 Å². The molecule has 0 saturated heterocycles. The maximum Gasteiger partial charge on any atom is 0.244 e. The van der Waals surface area contributed by atoms with Crippen LogP contribution in [0.3, 0.4) is 0 Å². The van der Waals surface area contributed by atoms with E-state index in [1.807, 2.05) is 36.4 Å². The van der Waals surface area contributed by atoms with E-state index in [2.05, 4.69) is 5.32 Å². The maximum atomic E-state index is 13.7. The molecule has 1 amide bonds. The van der Waals surface area contributed by atoms with Crippen LogP contribution in [0.1, 0.15) is 17.2 Å². The fourth-order valence-electron chi connectivity index (χ4n) is 2.92. The zero-order chi connectivity index (χ0) is 20.1. The first kappa shape index (κ1) is 19.7. The second-order valence-corrected chi connectivity index (χ2v) is 6.32. The van der Waals surface area contributed by atoms with Crippen molar-refractivity contribution in [2.45, 2.75) is 12.1 Å². The van der Waals surface area contributed by atoms with Crippen LogP contribution >= 0.6 is 0 Å². The lowest BCUT2D eigenvalue weighted by atomic mass is 9.98. The number of halogens is 2. The summed E-state index contributed by atoms with van der Waals surface area (Å²) < 4.78 is 26.9. The van der Waals surface area contributed by atoms with Crippen LogP contribution in [0.4, 0.5) is 8.78 Å². The molecule has 28 heavy (non-hydrogen) atoms. The lowest BCUT2D eigenvalue weighted by molar-refractivity contribution is -0.118. The topological polar surface area (TPSA) is 69.6 Å². The van der Waals surface area contributed by atoms with E-state index in [1.54, 1.807) is 6.07 Å². The second kappa shape index (κ2) is 8.73. The molecule has 0 aliphatic rings. The molecular weight excluding hydrogens is 364 g/mol. The number of hydrogen-bond acceptors (Lipinski definition) is 3. The average Bonchev–Trinajstić information content (AvgIpc) is 2.72. The Bertz CT molecular complexity index is 1020. The van der Waals surface area contributed by atoms with Crippen LogP contribution < -0.4 is 5.32 Å². The quantitative estimate of drug-likeness (QED) is 0.572. The third-order valence-electron chi connectivity index (χ3n) is 4.40. The molecule has 0 saturated carbocycles. The van der Waals surface area contributed by atoms with Crippen LogP contribution in [-0.2, 0) is 4.79 Å². The molecule has 0 aromatic heterocycles. The van der Waals surface area contributed by atoms with Gasteiger partial charge in [0.25, 0.3) is 0 Å². The fourth-order valence-corrected chi connectivity index (χ4v) is 2.92. The van der Waals surface area contributed by atoms with E-state index in [0.717, 1.165) is 29.0 Å². The summed E-state index contributed by atoms with van der Waals surface area (Å²) in [5.74, 6) is -2.67. The Morgan fingerprint density at radius 2 is 1.79 bits per heavy atom. The minimum absolute atomic E-state index is 0.0693. The van der Waals surface area contributed by atoms with Gasteiger partial charge in [0.2, 0.25) is 5.91 Å². The zero-order valence-electron chi connectivity index (χ0n) is 14.8. The summed E-state index contributed by atoms with van der Waals surface area (Å²) in [5.41, 5.74) is 0.541. The third kappa shape index (κ3) is 4.42. The number of fused-ring (bicyclic) bond motifs is 1. The highest BCUT2D eigenvalue weighted by Crippen LogP contribution is 2.23. The number of aliphatic hydroxyl groups is 2. The number of hydrogen-bond donors (Lipinski definition) is 3. The highest BCUT2D eigenvalue weighted by atomic mass is 19.2. The van der Waals surface area contributed by atoms with Crippen molar-refractivity contribution >= 4 is 22.8 Å². The second-order valence-electron chi connectivity index (χ2n) is 6.32. The first-order valence-electron chi connectivity index (χ1n) is 8.70. The molecule has 3 aromatic carbocycles. The summed E-state index contributed by atoms with van der Waals surface area (Å²) in [7, 11) is 0. The van der Waals surface area contributed by atoms with Crippen molar-refractivity contribution in [3.05, 3.63) is 89.5 Å². The van der Waals surface area contributed by atoms with Crippen LogP contribution in [0.5, 0.6) is 0 Å². The van der Waals surface area contributed by atoms with Crippen LogP contribution in [0.2, 0.25) is 0 Å². The molecule has 3 rings (SSSR count). The minimum Gasteiger partial charge on any atom is -0.394 e. The number of carbonyl (C=O) groups excluding carboxylic acids is 1. The fraction of sp³-hybridized carbons (Fsp3) is 0.136. The highest BCUT2D eigenvalue weighted by molar-refractivity contribution is 5.92. The van der Waals surface area contributed by atoms with Crippen molar-refractivity contribution in [3.8, 4) is 0 Å². The Labute approximate surface area is 160 Å². The van der Waals surface area contributed by atoms with Gasteiger partial charge >= 0.3 is 0 Å². The van der Waals surface area contributed by atoms with Crippen LogP contribution in [0.25, 0.3) is 16.8 Å². The summed E-state index contributed by atoms with van der Waals surface area (Å²) in [6.45, 7) is -0.556. The Hall–Kier alpha value is -3.09. The van der Waals surface area contributed by atoms with Gasteiger partial charge in [-0.1, -0.05) is 48.5 Å². The van der Waals surface area contributed by atoms with E-state index >= 15 is 0 Å². The number of amides is 1. The maximum absolute atomic E-state index is 13.7. The summed E-state index contributed by atoms with van der Waals surface area (Å²) in [6, 6.07) is 15.8. The monoisotopic (exact) mass is 383 g/mol. The van der Waals surface area contributed by atoms with Gasteiger partial charge in [0.05, 0.1) is 12.6 Å². The number of carbonyl (C=O) groups is 1. The molecule has 0 radical (unpaired) electrons. The van der Waals surface area contributed by atoms with E-state index in [4.69, 9.17) is 0 Å². The van der Waals surface area contributed by atoms with Crippen LogP contribution in [0.15, 0.2) is 66.7 Å². The first-order chi connectivity index (χ1) is 13.5. The van der Waals surface area contributed by atoms with Gasteiger partial charge < -0.3 is 15.5 Å². The van der Waals surface area contributed by atoms with Gasteiger partial charge in [-0.25, -0.2) is 8.78 Å². The number of rotatable bonds is 6. The third-order valence-corrected chi connectivity index (χ3v) is 4.40. The van der Waals surface area contributed by atoms with Gasteiger partial charge in [0.1, 0.15) is 6.10 Å². The molecule has 0 aliphatic carbocycles. The molecule has 6 heteroatoms. The van der Waals surface area contributed by atoms with Crippen LogP contribution in [-0.4, -0.2) is 28.8 Å². The van der Waals surface area contributed by atoms with Crippen molar-refractivity contribution < 1.29 is 23.8 Å². The van der Waals surface area contributed by atoms with Crippen molar-refractivity contribution in [1.29, 1.82) is 0 Å². The van der Waals surface area contributed by atoms with Crippen LogP contribution in [0, 0.1) is 11.6 Å². The Morgan fingerprint density at radius 3 is 2.54 bits per heavy atom. The van der Waals surface area contributed by atoms with E-state index < -0.39 is 36.3 Å². The number of nitrogens with one attached hydrogen (secondary N) is 1. The van der Waals surface area contributed by atoms with Gasteiger partial charge in [-0.2, -0.15) is 0 Å². The molecule has 0 fully saturated rings. The Kier molecular flexibility index (Phi) is 6.13. The van der Waals surface area contributed by atoms with E-state index in [-0.39, 0.29) is 5.56 Å². The Balaban J connectivity index is 1.82. The SMILES string of the molecule is O=C(/C=C/c1cccc(F)c1F)N[C@H](c1ccc2ccccc2c1)[C@H](O)CO.